The van der Waals surface area contributed by atoms with E-state index in [0.717, 1.165) is 16.7 Å². The molecule has 0 saturated heterocycles. The number of benzene rings is 3. The molecule has 0 spiro atoms. The van der Waals surface area contributed by atoms with Gasteiger partial charge in [0.2, 0.25) is 0 Å². The summed E-state index contributed by atoms with van der Waals surface area (Å²) in [6.07, 6.45) is 1.02. The van der Waals surface area contributed by atoms with Crippen molar-refractivity contribution in [1.82, 2.24) is 0 Å². The van der Waals surface area contributed by atoms with E-state index in [2.05, 4.69) is 0 Å². The van der Waals surface area contributed by atoms with Crippen LogP contribution in [-0.2, 0) is 12.8 Å². The van der Waals surface area contributed by atoms with Crippen LogP contribution >= 0.6 is 0 Å². The van der Waals surface area contributed by atoms with Gasteiger partial charge >= 0.3 is 0 Å². The Balaban J connectivity index is 1.88. The van der Waals surface area contributed by atoms with Crippen LogP contribution in [0.5, 0.6) is 28.7 Å². The SMILES string of the molecule is Cc1cc(C(C)Cc2ccc(O)cc2O)c(O)c(C(C)Cc2ccc(O)cc2O)c1. The van der Waals surface area contributed by atoms with Crippen molar-refractivity contribution in [2.45, 2.75) is 45.4 Å². The van der Waals surface area contributed by atoms with Crippen LogP contribution < -0.4 is 0 Å². The van der Waals surface area contributed by atoms with Crippen molar-refractivity contribution in [3.05, 3.63) is 76.3 Å². The number of hydrogen-bond donors (Lipinski definition) is 5. The van der Waals surface area contributed by atoms with Gasteiger partial charge in [0.25, 0.3) is 0 Å². The number of phenolic OH excluding ortho intramolecular Hbond substituents is 5. The second-order valence-corrected chi connectivity index (χ2v) is 8.13. The van der Waals surface area contributed by atoms with Crippen molar-refractivity contribution in [2.75, 3.05) is 0 Å². The molecule has 3 aromatic carbocycles. The molecule has 0 aliphatic carbocycles. The first-order valence-electron chi connectivity index (χ1n) is 10.0. The van der Waals surface area contributed by atoms with Crippen LogP contribution in [0.15, 0.2) is 48.5 Å². The zero-order valence-corrected chi connectivity index (χ0v) is 17.4. The molecule has 2 unspecified atom stereocenters. The van der Waals surface area contributed by atoms with Crippen LogP contribution in [0.4, 0.5) is 0 Å². The van der Waals surface area contributed by atoms with Crippen molar-refractivity contribution in [3.63, 3.8) is 0 Å². The summed E-state index contributed by atoms with van der Waals surface area (Å²) in [4.78, 5) is 0. The van der Waals surface area contributed by atoms with Crippen LogP contribution in [0.1, 0.15) is 53.5 Å². The summed E-state index contributed by atoms with van der Waals surface area (Å²) in [5.74, 6) is 0.182. The van der Waals surface area contributed by atoms with E-state index in [9.17, 15) is 25.5 Å². The minimum absolute atomic E-state index is 0.0101. The molecular formula is C25H28O5. The molecule has 0 aliphatic rings. The zero-order valence-electron chi connectivity index (χ0n) is 17.4. The Bertz CT molecular complexity index is 977. The molecule has 0 heterocycles. The lowest BCUT2D eigenvalue weighted by Crippen LogP contribution is -2.05. The number of rotatable bonds is 6. The van der Waals surface area contributed by atoms with Crippen LogP contribution in [0, 0.1) is 6.92 Å². The lowest BCUT2D eigenvalue weighted by molar-refractivity contribution is 0.437. The van der Waals surface area contributed by atoms with Gasteiger partial charge in [-0.25, -0.2) is 0 Å². The summed E-state index contributed by atoms with van der Waals surface area (Å²) in [5.41, 5.74) is 3.99. The predicted molar refractivity (Wildman–Crippen MR) is 117 cm³/mol. The van der Waals surface area contributed by atoms with Crippen molar-refractivity contribution in [2.24, 2.45) is 0 Å². The number of phenols is 5. The van der Waals surface area contributed by atoms with E-state index in [1.807, 2.05) is 32.9 Å². The number of aromatic hydroxyl groups is 5. The van der Waals surface area contributed by atoms with Gasteiger partial charge in [-0.15, -0.1) is 0 Å². The first-order chi connectivity index (χ1) is 14.2. The maximum absolute atomic E-state index is 11.0. The molecule has 0 bridgehead atoms. The lowest BCUT2D eigenvalue weighted by atomic mass is 9.85. The Morgan fingerprint density at radius 3 is 1.40 bits per heavy atom. The third kappa shape index (κ3) is 4.62. The van der Waals surface area contributed by atoms with E-state index < -0.39 is 0 Å². The molecule has 30 heavy (non-hydrogen) atoms. The van der Waals surface area contributed by atoms with Gasteiger partial charge in [-0.3, -0.25) is 0 Å². The molecule has 0 aliphatic heterocycles. The fourth-order valence-electron chi connectivity index (χ4n) is 3.92. The average Bonchev–Trinajstić information content (AvgIpc) is 2.67. The monoisotopic (exact) mass is 408 g/mol. The van der Waals surface area contributed by atoms with Gasteiger partial charge in [-0.05, 0) is 66.0 Å². The van der Waals surface area contributed by atoms with E-state index >= 15 is 0 Å². The summed E-state index contributed by atoms with van der Waals surface area (Å²) in [7, 11) is 0. The Hall–Kier alpha value is -3.34. The van der Waals surface area contributed by atoms with Crippen molar-refractivity contribution < 1.29 is 25.5 Å². The van der Waals surface area contributed by atoms with E-state index in [-0.39, 0.29) is 40.6 Å². The maximum atomic E-state index is 11.0. The van der Waals surface area contributed by atoms with Crippen molar-refractivity contribution >= 4 is 0 Å². The standard InChI is InChI=1S/C25H28O5/c1-14-8-21(15(2)10-17-4-6-19(26)12-23(17)28)25(30)22(9-14)16(3)11-18-5-7-20(27)13-24(18)29/h4-9,12-13,15-16,26-30H,10-11H2,1-3H3. The molecule has 2 atom stereocenters. The average molecular weight is 408 g/mol. The first-order valence-corrected chi connectivity index (χ1v) is 10.0. The maximum Gasteiger partial charge on any atom is 0.122 e. The second kappa shape index (κ2) is 8.57. The van der Waals surface area contributed by atoms with E-state index in [0.29, 0.717) is 24.0 Å². The van der Waals surface area contributed by atoms with Crippen LogP contribution in [0.2, 0.25) is 0 Å². The third-order valence-corrected chi connectivity index (χ3v) is 5.57. The molecule has 5 heteroatoms. The lowest BCUT2D eigenvalue weighted by Gasteiger charge is -2.21. The largest absolute Gasteiger partial charge is 0.508 e. The zero-order chi connectivity index (χ0) is 22.0. The molecule has 3 rings (SSSR count). The van der Waals surface area contributed by atoms with Crippen LogP contribution in [0.3, 0.4) is 0 Å². The van der Waals surface area contributed by atoms with Crippen LogP contribution in [-0.4, -0.2) is 25.5 Å². The van der Waals surface area contributed by atoms with Gasteiger partial charge in [0.05, 0.1) is 0 Å². The molecular weight excluding hydrogens is 380 g/mol. The topological polar surface area (TPSA) is 101 Å². The highest BCUT2D eigenvalue weighted by molar-refractivity contribution is 5.49. The summed E-state index contributed by atoms with van der Waals surface area (Å²) in [6, 6.07) is 13.0. The minimum Gasteiger partial charge on any atom is -0.508 e. The van der Waals surface area contributed by atoms with Gasteiger partial charge in [0, 0.05) is 12.1 Å². The summed E-state index contributed by atoms with van der Waals surface area (Å²) < 4.78 is 0. The van der Waals surface area contributed by atoms with Gasteiger partial charge in [0.15, 0.2) is 0 Å². The van der Waals surface area contributed by atoms with Crippen LogP contribution in [0.25, 0.3) is 0 Å². The van der Waals surface area contributed by atoms with Crippen molar-refractivity contribution in [1.29, 1.82) is 0 Å². The van der Waals surface area contributed by atoms with Gasteiger partial charge in [-0.2, -0.15) is 0 Å². The quantitative estimate of drug-likeness (QED) is 0.385. The molecule has 0 fully saturated rings. The summed E-state index contributed by atoms with van der Waals surface area (Å²) in [6.45, 7) is 5.95. The Morgan fingerprint density at radius 1 is 0.633 bits per heavy atom. The molecule has 3 aromatic rings. The van der Waals surface area contributed by atoms with E-state index in [1.165, 1.54) is 24.3 Å². The molecule has 5 N–H and O–H groups in total. The molecule has 0 saturated carbocycles. The number of hydrogen-bond acceptors (Lipinski definition) is 5. The number of aryl methyl sites for hydroxylation is 1. The van der Waals surface area contributed by atoms with Gasteiger partial charge in [0.1, 0.15) is 28.7 Å². The highest BCUT2D eigenvalue weighted by Gasteiger charge is 2.20. The normalized spacial score (nSPS) is 13.2. The smallest absolute Gasteiger partial charge is 0.122 e. The van der Waals surface area contributed by atoms with Gasteiger partial charge in [-0.1, -0.05) is 43.7 Å². The second-order valence-electron chi connectivity index (χ2n) is 8.13. The Morgan fingerprint density at radius 2 is 1.03 bits per heavy atom. The van der Waals surface area contributed by atoms with Gasteiger partial charge < -0.3 is 25.5 Å². The van der Waals surface area contributed by atoms with Crippen molar-refractivity contribution in [3.8, 4) is 28.7 Å². The fourth-order valence-corrected chi connectivity index (χ4v) is 3.92. The molecule has 0 amide bonds. The highest BCUT2D eigenvalue weighted by atomic mass is 16.3. The first kappa shape index (κ1) is 21.4. The Labute approximate surface area is 176 Å². The molecule has 0 aromatic heterocycles. The highest BCUT2D eigenvalue weighted by Crippen LogP contribution is 2.39. The predicted octanol–water partition coefficient (Wildman–Crippen LogP) is 5.22. The summed E-state index contributed by atoms with van der Waals surface area (Å²) in [5, 5.41) is 50.2. The molecule has 158 valence electrons. The summed E-state index contributed by atoms with van der Waals surface area (Å²) >= 11 is 0. The molecule has 0 radical (unpaired) electrons. The van der Waals surface area contributed by atoms with E-state index in [4.69, 9.17) is 0 Å². The molecule has 5 nitrogen and oxygen atoms in total. The fraction of sp³-hybridized carbons (Fsp3) is 0.280. The van der Waals surface area contributed by atoms with E-state index in [1.54, 1.807) is 12.1 Å². The Kier molecular flexibility index (Phi) is 6.11. The third-order valence-electron chi connectivity index (χ3n) is 5.57. The minimum atomic E-state index is -0.0617.